The fraction of sp³-hybridized carbons (Fsp3) is 0.760. The molecule has 0 amide bonds. The van der Waals surface area contributed by atoms with Gasteiger partial charge < -0.3 is 19.7 Å². The molecule has 6 heteroatoms. The molecule has 0 aromatic carbocycles. The molecular weight excluding hydrogens is 396 g/mol. The summed E-state index contributed by atoms with van der Waals surface area (Å²) in [6.45, 7) is 5.67. The van der Waals surface area contributed by atoms with Gasteiger partial charge in [-0.1, -0.05) is 38.8 Å². The van der Waals surface area contributed by atoms with E-state index >= 15 is 0 Å². The van der Waals surface area contributed by atoms with Crippen molar-refractivity contribution in [2.75, 3.05) is 6.61 Å². The van der Waals surface area contributed by atoms with E-state index < -0.39 is 36.1 Å². The molecule has 4 aliphatic carbocycles. The lowest BCUT2D eigenvalue weighted by Gasteiger charge is -2.59. The molecule has 0 bridgehead atoms. The Morgan fingerprint density at radius 1 is 1.32 bits per heavy atom. The van der Waals surface area contributed by atoms with Crippen LogP contribution in [0.15, 0.2) is 23.8 Å². The Labute approximate surface area is 183 Å². The molecule has 5 rings (SSSR count). The van der Waals surface area contributed by atoms with Gasteiger partial charge in [0.15, 0.2) is 23.5 Å². The molecule has 31 heavy (non-hydrogen) atoms. The number of Topliss-reactive ketones (excluding diaryl/α,β-unsaturated/α-hetero) is 1. The van der Waals surface area contributed by atoms with Gasteiger partial charge in [-0.15, -0.1) is 0 Å². The van der Waals surface area contributed by atoms with Crippen LogP contribution in [0.5, 0.6) is 0 Å². The Hall–Kier alpha value is -1.34. The summed E-state index contributed by atoms with van der Waals surface area (Å²) < 4.78 is 12.7. The third-order valence-electron chi connectivity index (χ3n) is 9.37. The standard InChI is InChI=1S/C25H34O6/c1-4-5-21-30-20-11-17-16-7-6-14-10-15(27)8-9-23(14,2)22(16)18(28)12-24(17,3)25(20,31-21)19(29)13-26/h8-10,16-18,20-22,26,28H,4-7,11-13H2,1-3H3/t16-,17-,18?,20+,21?,22?,23-,24-,25+/m0/s1. The summed E-state index contributed by atoms with van der Waals surface area (Å²) in [6.07, 6.45) is 8.31. The summed E-state index contributed by atoms with van der Waals surface area (Å²) in [5.41, 5.74) is -1.05. The van der Waals surface area contributed by atoms with E-state index in [0.29, 0.717) is 19.3 Å². The number of carbonyl (C=O) groups is 2. The van der Waals surface area contributed by atoms with E-state index in [9.17, 15) is 19.8 Å². The fourth-order valence-electron chi connectivity index (χ4n) is 8.12. The van der Waals surface area contributed by atoms with E-state index in [4.69, 9.17) is 9.47 Å². The minimum absolute atomic E-state index is 0.0125. The molecule has 3 unspecified atom stereocenters. The van der Waals surface area contributed by atoms with Gasteiger partial charge in [0, 0.05) is 16.7 Å². The molecule has 1 saturated heterocycles. The molecule has 2 N–H and O–H groups in total. The number of allylic oxidation sites excluding steroid dienone is 4. The first-order valence-electron chi connectivity index (χ1n) is 11.8. The monoisotopic (exact) mass is 430 g/mol. The van der Waals surface area contributed by atoms with Crippen LogP contribution in [-0.2, 0) is 19.1 Å². The van der Waals surface area contributed by atoms with Crippen molar-refractivity contribution in [2.24, 2.45) is 28.6 Å². The second kappa shape index (κ2) is 7.08. The highest BCUT2D eigenvalue weighted by molar-refractivity contribution is 6.01. The van der Waals surface area contributed by atoms with Gasteiger partial charge in [-0.3, -0.25) is 9.59 Å². The molecule has 0 aromatic rings. The van der Waals surface area contributed by atoms with E-state index in [2.05, 4.69) is 20.8 Å². The predicted octanol–water partition coefficient (Wildman–Crippen LogP) is 2.72. The van der Waals surface area contributed by atoms with E-state index in [0.717, 1.165) is 24.8 Å². The van der Waals surface area contributed by atoms with Crippen LogP contribution in [0.4, 0.5) is 0 Å². The number of ketones is 2. The fourth-order valence-corrected chi connectivity index (χ4v) is 8.12. The third kappa shape index (κ3) is 2.65. The van der Waals surface area contributed by atoms with E-state index in [1.165, 1.54) is 0 Å². The second-order valence-electron chi connectivity index (χ2n) is 10.7. The van der Waals surface area contributed by atoms with Crippen LogP contribution in [-0.4, -0.2) is 52.5 Å². The summed E-state index contributed by atoms with van der Waals surface area (Å²) in [7, 11) is 0. The molecule has 0 radical (unpaired) electrons. The molecule has 3 saturated carbocycles. The molecule has 4 fully saturated rings. The zero-order valence-electron chi connectivity index (χ0n) is 18.7. The minimum atomic E-state index is -1.20. The number of hydrogen-bond acceptors (Lipinski definition) is 6. The Balaban J connectivity index is 1.55. The average Bonchev–Trinajstić information content (AvgIpc) is 3.20. The lowest BCUT2D eigenvalue weighted by Crippen LogP contribution is -2.63. The zero-order valence-corrected chi connectivity index (χ0v) is 18.7. The van der Waals surface area contributed by atoms with Gasteiger partial charge in [-0.25, -0.2) is 0 Å². The van der Waals surface area contributed by atoms with Crippen LogP contribution < -0.4 is 0 Å². The molecule has 0 aromatic heterocycles. The Bertz CT molecular complexity index is 862. The van der Waals surface area contributed by atoms with Gasteiger partial charge in [0.2, 0.25) is 0 Å². The van der Waals surface area contributed by atoms with Crippen molar-refractivity contribution in [3.8, 4) is 0 Å². The Morgan fingerprint density at radius 2 is 2.10 bits per heavy atom. The SMILES string of the molecule is CCCC1O[C@@H]2C[C@H]3[C@@H]4CCC5=CC(=O)C=C[C@]5(C)C4C(O)C[C@]3(C)[C@]2(C(=O)CO)O1. The molecule has 6 nitrogen and oxygen atoms in total. The highest BCUT2D eigenvalue weighted by atomic mass is 16.7. The van der Waals surface area contributed by atoms with Gasteiger partial charge >= 0.3 is 0 Å². The maximum Gasteiger partial charge on any atom is 0.193 e. The van der Waals surface area contributed by atoms with E-state index in [1.807, 2.05) is 6.08 Å². The van der Waals surface area contributed by atoms with Crippen LogP contribution in [0, 0.1) is 28.6 Å². The quantitative estimate of drug-likeness (QED) is 0.712. The maximum absolute atomic E-state index is 13.2. The van der Waals surface area contributed by atoms with Crippen LogP contribution in [0.25, 0.3) is 0 Å². The topological polar surface area (TPSA) is 93.1 Å². The van der Waals surface area contributed by atoms with Crippen molar-refractivity contribution in [1.82, 2.24) is 0 Å². The van der Waals surface area contributed by atoms with Crippen LogP contribution >= 0.6 is 0 Å². The lowest BCUT2D eigenvalue weighted by atomic mass is 9.46. The number of carbonyl (C=O) groups excluding carboxylic acids is 2. The number of rotatable bonds is 4. The summed E-state index contributed by atoms with van der Waals surface area (Å²) in [5.74, 6) is 0.0274. The minimum Gasteiger partial charge on any atom is -0.393 e. The second-order valence-corrected chi connectivity index (χ2v) is 10.7. The maximum atomic E-state index is 13.2. The van der Waals surface area contributed by atoms with Crippen molar-refractivity contribution in [1.29, 1.82) is 0 Å². The molecule has 9 atom stereocenters. The zero-order chi connectivity index (χ0) is 22.2. The van der Waals surface area contributed by atoms with Crippen molar-refractivity contribution < 1.29 is 29.3 Å². The van der Waals surface area contributed by atoms with Gasteiger partial charge in [-0.2, -0.15) is 0 Å². The highest BCUT2D eigenvalue weighted by Crippen LogP contribution is 2.69. The number of hydrogen-bond donors (Lipinski definition) is 2. The largest absolute Gasteiger partial charge is 0.393 e. The van der Waals surface area contributed by atoms with E-state index in [1.54, 1.807) is 12.2 Å². The number of aliphatic hydroxyl groups excluding tert-OH is 2. The first-order valence-corrected chi connectivity index (χ1v) is 11.8. The van der Waals surface area contributed by atoms with Gasteiger partial charge in [0.1, 0.15) is 6.61 Å². The summed E-state index contributed by atoms with van der Waals surface area (Å²) in [6, 6.07) is 0. The van der Waals surface area contributed by atoms with Crippen LogP contribution in [0.3, 0.4) is 0 Å². The predicted molar refractivity (Wildman–Crippen MR) is 113 cm³/mol. The summed E-state index contributed by atoms with van der Waals surface area (Å²) in [5, 5.41) is 21.4. The van der Waals surface area contributed by atoms with Gasteiger partial charge in [0.25, 0.3) is 0 Å². The summed E-state index contributed by atoms with van der Waals surface area (Å²) >= 11 is 0. The first kappa shape index (κ1) is 21.5. The van der Waals surface area contributed by atoms with Crippen LogP contribution in [0.2, 0.25) is 0 Å². The molecule has 0 spiro atoms. The number of fused-ring (bicyclic) bond motifs is 7. The molecule has 170 valence electrons. The average molecular weight is 431 g/mol. The van der Waals surface area contributed by atoms with Crippen molar-refractivity contribution in [2.45, 2.75) is 83.4 Å². The highest BCUT2D eigenvalue weighted by Gasteiger charge is 2.75. The molecule has 1 heterocycles. The van der Waals surface area contributed by atoms with Crippen LogP contribution in [0.1, 0.15) is 59.3 Å². The molecular formula is C25H34O6. The summed E-state index contributed by atoms with van der Waals surface area (Å²) in [4.78, 5) is 25.2. The Morgan fingerprint density at radius 3 is 2.81 bits per heavy atom. The van der Waals surface area contributed by atoms with Crippen molar-refractivity contribution in [3.63, 3.8) is 0 Å². The normalized spacial score (nSPS) is 50.4. The Kier molecular flexibility index (Phi) is 4.91. The number of ether oxygens (including phenoxy) is 2. The lowest BCUT2D eigenvalue weighted by molar-refractivity contribution is -0.200. The van der Waals surface area contributed by atoms with E-state index in [-0.39, 0.29) is 34.7 Å². The smallest absolute Gasteiger partial charge is 0.193 e. The molecule has 1 aliphatic heterocycles. The third-order valence-corrected chi connectivity index (χ3v) is 9.37. The van der Waals surface area contributed by atoms with Gasteiger partial charge in [-0.05, 0) is 56.1 Å². The van der Waals surface area contributed by atoms with Gasteiger partial charge in [0.05, 0.1) is 12.2 Å². The number of aliphatic hydroxyl groups is 2. The van der Waals surface area contributed by atoms with Crippen molar-refractivity contribution in [3.05, 3.63) is 23.8 Å². The first-order chi connectivity index (χ1) is 14.7. The molecule has 5 aliphatic rings. The van der Waals surface area contributed by atoms with Crippen molar-refractivity contribution >= 4 is 11.6 Å².